The minimum absolute atomic E-state index is 0.0586. The van der Waals surface area contributed by atoms with E-state index >= 15 is 0 Å². The molecule has 1 aromatic carbocycles. The van der Waals surface area contributed by atoms with Gasteiger partial charge in [-0.25, -0.2) is 9.37 Å². The van der Waals surface area contributed by atoms with Crippen LogP contribution in [0.2, 0.25) is 0 Å². The largest absolute Gasteiger partial charge is 0.507 e. The lowest BCUT2D eigenvalue weighted by atomic mass is 9.92. The van der Waals surface area contributed by atoms with Crippen LogP contribution in [-0.4, -0.2) is 52.6 Å². The minimum Gasteiger partial charge on any atom is -0.507 e. The van der Waals surface area contributed by atoms with Gasteiger partial charge in [-0.05, 0) is 43.5 Å². The molecule has 1 aliphatic carbocycles. The highest BCUT2D eigenvalue weighted by molar-refractivity contribution is 7.16. The number of nitrogens with one attached hydrogen (secondary N) is 1. The third kappa shape index (κ3) is 4.07. The first-order valence-corrected chi connectivity index (χ1v) is 11.3. The normalized spacial score (nSPS) is 18.9. The van der Waals surface area contributed by atoms with Gasteiger partial charge in [-0.1, -0.05) is 17.8 Å². The van der Waals surface area contributed by atoms with E-state index in [4.69, 9.17) is 4.74 Å². The molecule has 1 atom stereocenters. The van der Waals surface area contributed by atoms with Crippen molar-refractivity contribution in [2.75, 3.05) is 25.1 Å². The van der Waals surface area contributed by atoms with Crippen LogP contribution in [0.1, 0.15) is 25.7 Å². The molecule has 9 heteroatoms. The summed E-state index contributed by atoms with van der Waals surface area (Å²) in [4.78, 5) is 6.85. The summed E-state index contributed by atoms with van der Waals surface area (Å²) in [7, 11) is 1.51. The number of phenols is 1. The van der Waals surface area contributed by atoms with Crippen LogP contribution in [-0.2, 0) is 0 Å². The van der Waals surface area contributed by atoms with Gasteiger partial charge in [0.2, 0.25) is 0 Å². The second kappa shape index (κ2) is 8.39. The van der Waals surface area contributed by atoms with E-state index in [0.717, 1.165) is 25.3 Å². The zero-order valence-corrected chi connectivity index (χ0v) is 18.0. The van der Waals surface area contributed by atoms with Gasteiger partial charge in [0, 0.05) is 42.5 Å². The van der Waals surface area contributed by atoms with Crippen molar-refractivity contribution in [3.8, 4) is 32.6 Å². The first kappa shape index (κ1) is 20.1. The van der Waals surface area contributed by atoms with Gasteiger partial charge in [-0.3, -0.25) is 0 Å². The molecule has 0 bridgehead atoms. The maximum Gasteiger partial charge on any atom is 0.273 e. The highest BCUT2D eigenvalue weighted by atomic mass is 32.1. The molecule has 2 fully saturated rings. The van der Waals surface area contributed by atoms with E-state index in [1.54, 1.807) is 6.07 Å². The number of rotatable bonds is 6. The summed E-state index contributed by atoms with van der Waals surface area (Å²) in [5.74, 6) is 0.279. The number of nitrogens with zero attached hydrogens (tertiary/aromatic N) is 4. The number of hydrogen-bond donors (Lipinski definition) is 2. The summed E-state index contributed by atoms with van der Waals surface area (Å²) in [6, 6.07) is 7.50. The Kier molecular flexibility index (Phi) is 5.45. The maximum atomic E-state index is 14.8. The molecule has 2 N–H and O–H groups in total. The summed E-state index contributed by atoms with van der Waals surface area (Å²) in [6.45, 7) is 1.85. The van der Waals surface area contributed by atoms with Crippen molar-refractivity contribution >= 4 is 17.2 Å². The minimum atomic E-state index is -0.463. The van der Waals surface area contributed by atoms with Crippen molar-refractivity contribution in [1.29, 1.82) is 0 Å². The Bertz CT molecular complexity index is 1070. The quantitative estimate of drug-likeness (QED) is 0.601. The second-order valence-corrected chi connectivity index (χ2v) is 9.04. The Balaban J connectivity index is 1.32. The SMILES string of the molecule is COc1ncc(-c2cc(O)c(-c3ccc(N4CCC(NC5CCC5)C4)nn3)cc2F)s1. The highest BCUT2D eigenvalue weighted by Gasteiger charge is 2.28. The standard InChI is InChI=1S/C22H24FN5O2S/c1-30-22-24-11-20(31-22)15-10-19(29)16(9-17(15)23)18-5-6-21(27-26-18)28-8-7-14(12-28)25-13-3-2-4-13/h5-6,9-11,13-14,25,29H,2-4,7-8,12H2,1H3. The number of aromatic nitrogens is 3. The van der Waals surface area contributed by atoms with Crippen LogP contribution in [0.15, 0.2) is 30.5 Å². The number of aromatic hydroxyl groups is 1. The smallest absolute Gasteiger partial charge is 0.273 e. The predicted octanol–water partition coefficient (Wildman–Crippen LogP) is 3.84. The van der Waals surface area contributed by atoms with Gasteiger partial charge in [-0.2, -0.15) is 0 Å². The summed E-state index contributed by atoms with van der Waals surface area (Å²) in [5, 5.41) is 23.3. The topological polar surface area (TPSA) is 83.4 Å². The Morgan fingerprint density at radius 3 is 2.71 bits per heavy atom. The first-order chi connectivity index (χ1) is 15.1. The monoisotopic (exact) mass is 441 g/mol. The second-order valence-electron chi connectivity index (χ2n) is 8.05. The molecule has 5 rings (SSSR count). The average molecular weight is 442 g/mol. The number of hydrogen-bond acceptors (Lipinski definition) is 8. The fourth-order valence-electron chi connectivity index (χ4n) is 4.08. The Labute approximate surface area is 183 Å². The molecule has 0 spiro atoms. The summed E-state index contributed by atoms with van der Waals surface area (Å²) in [6.07, 6.45) is 6.50. The van der Waals surface area contributed by atoms with Crippen LogP contribution in [0.3, 0.4) is 0 Å². The molecule has 1 saturated heterocycles. The molecule has 31 heavy (non-hydrogen) atoms. The fraction of sp³-hybridized carbons (Fsp3) is 0.409. The van der Waals surface area contributed by atoms with Crippen molar-refractivity contribution in [2.45, 2.75) is 37.8 Å². The van der Waals surface area contributed by atoms with Gasteiger partial charge in [0.1, 0.15) is 11.6 Å². The summed E-state index contributed by atoms with van der Waals surface area (Å²) < 4.78 is 19.8. The van der Waals surface area contributed by atoms with Crippen LogP contribution < -0.4 is 15.0 Å². The molecule has 1 saturated carbocycles. The van der Waals surface area contributed by atoms with Crippen LogP contribution in [0.4, 0.5) is 10.2 Å². The number of thiazole rings is 1. The lowest BCUT2D eigenvalue weighted by Gasteiger charge is -2.29. The molecule has 3 heterocycles. The maximum absolute atomic E-state index is 14.8. The van der Waals surface area contributed by atoms with Crippen LogP contribution >= 0.6 is 11.3 Å². The van der Waals surface area contributed by atoms with Gasteiger partial charge in [0.25, 0.3) is 5.19 Å². The molecule has 7 nitrogen and oxygen atoms in total. The lowest BCUT2D eigenvalue weighted by molar-refractivity contribution is 0.311. The van der Waals surface area contributed by atoms with E-state index < -0.39 is 5.82 Å². The Morgan fingerprint density at radius 1 is 1.16 bits per heavy atom. The van der Waals surface area contributed by atoms with Gasteiger partial charge in [0.15, 0.2) is 5.82 Å². The number of halogens is 1. The number of methoxy groups -OCH3 is 1. The number of ether oxygens (including phenoxy) is 1. The Morgan fingerprint density at radius 2 is 2.03 bits per heavy atom. The van der Waals surface area contributed by atoms with E-state index in [1.807, 2.05) is 6.07 Å². The lowest BCUT2D eigenvalue weighted by Crippen LogP contribution is -2.43. The molecule has 0 radical (unpaired) electrons. The van der Waals surface area contributed by atoms with Gasteiger partial charge < -0.3 is 20.1 Å². The van der Waals surface area contributed by atoms with E-state index in [-0.39, 0.29) is 11.3 Å². The van der Waals surface area contributed by atoms with Crippen molar-refractivity contribution in [2.24, 2.45) is 0 Å². The average Bonchev–Trinajstić information content (AvgIpc) is 3.42. The number of benzene rings is 1. The number of anilines is 1. The molecule has 3 aromatic rings. The van der Waals surface area contributed by atoms with E-state index in [1.165, 1.54) is 56.0 Å². The molecular formula is C22H24FN5O2S. The summed E-state index contributed by atoms with van der Waals surface area (Å²) in [5.41, 5.74) is 1.01. The molecule has 0 amide bonds. The van der Waals surface area contributed by atoms with E-state index in [0.29, 0.717) is 33.4 Å². The Hall–Kier alpha value is -2.78. The fourth-order valence-corrected chi connectivity index (χ4v) is 4.83. The third-order valence-corrected chi connectivity index (χ3v) is 7.02. The van der Waals surface area contributed by atoms with Crippen LogP contribution in [0.5, 0.6) is 10.9 Å². The summed E-state index contributed by atoms with van der Waals surface area (Å²) >= 11 is 1.21. The van der Waals surface area contributed by atoms with E-state index in [9.17, 15) is 9.50 Å². The molecule has 2 aromatic heterocycles. The molecular weight excluding hydrogens is 417 g/mol. The highest BCUT2D eigenvalue weighted by Crippen LogP contribution is 2.38. The van der Waals surface area contributed by atoms with Crippen molar-refractivity contribution < 1.29 is 14.2 Å². The van der Waals surface area contributed by atoms with Crippen LogP contribution in [0.25, 0.3) is 21.7 Å². The third-order valence-electron chi connectivity index (χ3n) is 6.03. The van der Waals surface area contributed by atoms with Crippen molar-refractivity contribution in [3.05, 3.63) is 36.3 Å². The zero-order chi connectivity index (χ0) is 21.4. The van der Waals surface area contributed by atoms with Gasteiger partial charge in [0.05, 0.1) is 17.7 Å². The predicted molar refractivity (Wildman–Crippen MR) is 118 cm³/mol. The zero-order valence-electron chi connectivity index (χ0n) is 17.2. The first-order valence-electron chi connectivity index (χ1n) is 10.5. The van der Waals surface area contributed by atoms with Crippen molar-refractivity contribution in [3.63, 3.8) is 0 Å². The van der Waals surface area contributed by atoms with Crippen molar-refractivity contribution in [1.82, 2.24) is 20.5 Å². The number of phenolic OH excluding ortho intramolecular Hbond substituents is 1. The van der Waals surface area contributed by atoms with Gasteiger partial charge in [-0.15, -0.1) is 10.2 Å². The van der Waals surface area contributed by atoms with Crippen LogP contribution in [0, 0.1) is 5.82 Å². The van der Waals surface area contributed by atoms with Gasteiger partial charge >= 0.3 is 0 Å². The molecule has 162 valence electrons. The molecule has 1 unspecified atom stereocenters. The van der Waals surface area contributed by atoms with E-state index in [2.05, 4.69) is 25.4 Å². The molecule has 2 aliphatic rings. The molecule has 1 aliphatic heterocycles.